The van der Waals surface area contributed by atoms with Crippen LogP contribution in [0.15, 0.2) is 41.2 Å². The number of nitrogens with zero attached hydrogens (tertiary/aromatic N) is 4. The molecule has 0 bridgehead atoms. The SMILES string of the molecule is Cn1nnn(-c2cccc(C3CC3)c2COc2cc(F)ccc2C(F)(F)F)c1=O. The van der Waals surface area contributed by atoms with Gasteiger partial charge in [-0.05, 0) is 52.9 Å². The van der Waals surface area contributed by atoms with Gasteiger partial charge in [-0.3, -0.25) is 0 Å². The minimum absolute atomic E-state index is 0.232. The first-order valence-electron chi connectivity index (χ1n) is 8.86. The molecule has 1 aliphatic rings. The molecule has 0 aliphatic heterocycles. The Labute approximate surface area is 162 Å². The van der Waals surface area contributed by atoms with Gasteiger partial charge < -0.3 is 4.74 Å². The van der Waals surface area contributed by atoms with Crippen molar-refractivity contribution >= 4 is 0 Å². The van der Waals surface area contributed by atoms with Crippen LogP contribution in [-0.4, -0.2) is 19.8 Å². The zero-order chi connectivity index (χ0) is 20.8. The number of rotatable bonds is 5. The second kappa shape index (κ2) is 7.02. The van der Waals surface area contributed by atoms with E-state index in [1.165, 1.54) is 7.05 Å². The predicted molar refractivity (Wildman–Crippen MR) is 94.3 cm³/mol. The van der Waals surface area contributed by atoms with E-state index in [-0.39, 0.29) is 12.5 Å². The molecule has 0 saturated heterocycles. The van der Waals surface area contributed by atoms with Gasteiger partial charge in [-0.2, -0.15) is 22.5 Å². The molecule has 0 atom stereocenters. The standard InChI is InChI=1S/C19H16F4N4O2/c1-26-18(28)27(25-24-26)16-4-2-3-13(11-5-6-11)14(16)10-29-17-9-12(20)7-8-15(17)19(21,22)23/h2-4,7-9,11H,5-6,10H2,1H3. The summed E-state index contributed by atoms with van der Waals surface area (Å²) in [7, 11) is 1.44. The monoisotopic (exact) mass is 408 g/mol. The zero-order valence-corrected chi connectivity index (χ0v) is 15.3. The molecule has 1 saturated carbocycles. The van der Waals surface area contributed by atoms with Gasteiger partial charge in [-0.25, -0.2) is 9.18 Å². The fourth-order valence-electron chi connectivity index (χ4n) is 3.19. The van der Waals surface area contributed by atoms with Crippen LogP contribution in [0.1, 0.15) is 35.4 Å². The molecule has 3 aromatic rings. The van der Waals surface area contributed by atoms with Gasteiger partial charge in [0.1, 0.15) is 18.2 Å². The van der Waals surface area contributed by atoms with Crippen LogP contribution < -0.4 is 10.4 Å². The zero-order valence-electron chi connectivity index (χ0n) is 15.3. The van der Waals surface area contributed by atoms with E-state index in [0.29, 0.717) is 23.4 Å². The highest BCUT2D eigenvalue weighted by molar-refractivity contribution is 5.48. The molecule has 0 spiro atoms. The fourth-order valence-corrected chi connectivity index (χ4v) is 3.19. The Morgan fingerprint density at radius 2 is 1.93 bits per heavy atom. The van der Waals surface area contributed by atoms with Crippen LogP contribution in [0, 0.1) is 5.82 Å². The molecule has 0 N–H and O–H groups in total. The van der Waals surface area contributed by atoms with Crippen LogP contribution in [0.5, 0.6) is 5.75 Å². The molecule has 1 fully saturated rings. The lowest BCUT2D eigenvalue weighted by Crippen LogP contribution is -2.23. The first-order valence-corrected chi connectivity index (χ1v) is 8.86. The number of hydrogen-bond donors (Lipinski definition) is 0. The summed E-state index contributed by atoms with van der Waals surface area (Å²) in [5.74, 6) is -1.22. The number of aromatic nitrogens is 4. The van der Waals surface area contributed by atoms with E-state index in [9.17, 15) is 22.4 Å². The molecule has 2 aromatic carbocycles. The van der Waals surface area contributed by atoms with Crippen LogP contribution >= 0.6 is 0 Å². The third-order valence-electron chi connectivity index (χ3n) is 4.78. The lowest BCUT2D eigenvalue weighted by atomic mass is 10.0. The summed E-state index contributed by atoms with van der Waals surface area (Å²) in [5.41, 5.74) is 0.194. The summed E-state index contributed by atoms with van der Waals surface area (Å²) in [6.07, 6.45) is -2.83. The lowest BCUT2D eigenvalue weighted by molar-refractivity contribution is -0.139. The molecule has 10 heteroatoms. The average molecular weight is 408 g/mol. The Hall–Kier alpha value is -3.17. The smallest absolute Gasteiger partial charge is 0.419 e. The predicted octanol–water partition coefficient (Wildman–Crippen LogP) is 3.58. The summed E-state index contributed by atoms with van der Waals surface area (Å²) in [4.78, 5) is 12.3. The molecule has 152 valence electrons. The molecule has 6 nitrogen and oxygen atoms in total. The van der Waals surface area contributed by atoms with Crippen LogP contribution in [0.4, 0.5) is 17.6 Å². The number of benzene rings is 2. The number of aryl methyl sites for hydroxylation is 1. The maximum Gasteiger partial charge on any atom is 0.419 e. The lowest BCUT2D eigenvalue weighted by Gasteiger charge is -2.17. The minimum atomic E-state index is -4.69. The maximum absolute atomic E-state index is 13.6. The van der Waals surface area contributed by atoms with E-state index >= 15 is 0 Å². The maximum atomic E-state index is 13.6. The number of alkyl halides is 3. The highest BCUT2D eigenvalue weighted by Crippen LogP contribution is 2.43. The summed E-state index contributed by atoms with van der Waals surface area (Å²) in [6, 6.07) is 7.30. The van der Waals surface area contributed by atoms with Gasteiger partial charge in [0, 0.05) is 18.7 Å². The van der Waals surface area contributed by atoms with Crippen molar-refractivity contribution in [2.45, 2.75) is 31.5 Å². The quantitative estimate of drug-likeness (QED) is 0.606. The van der Waals surface area contributed by atoms with Crippen molar-refractivity contribution in [1.82, 2.24) is 19.8 Å². The van der Waals surface area contributed by atoms with E-state index in [1.54, 1.807) is 12.1 Å². The number of tetrazole rings is 1. The second-order valence-electron chi connectivity index (χ2n) is 6.84. The number of ether oxygens (including phenoxy) is 1. The molecule has 29 heavy (non-hydrogen) atoms. The van der Waals surface area contributed by atoms with Crippen molar-refractivity contribution < 1.29 is 22.3 Å². The van der Waals surface area contributed by atoms with Gasteiger partial charge >= 0.3 is 11.9 Å². The van der Waals surface area contributed by atoms with Crippen LogP contribution in [0.3, 0.4) is 0 Å². The Morgan fingerprint density at radius 3 is 2.55 bits per heavy atom. The highest BCUT2D eigenvalue weighted by Gasteiger charge is 2.35. The number of halogens is 4. The van der Waals surface area contributed by atoms with Gasteiger partial charge in [-0.15, -0.1) is 0 Å². The van der Waals surface area contributed by atoms with Crippen molar-refractivity contribution in [1.29, 1.82) is 0 Å². The van der Waals surface area contributed by atoms with E-state index in [0.717, 1.165) is 33.8 Å². The van der Waals surface area contributed by atoms with Crippen molar-refractivity contribution in [2.24, 2.45) is 7.05 Å². The molecule has 1 heterocycles. The van der Waals surface area contributed by atoms with Crippen LogP contribution in [-0.2, 0) is 19.8 Å². The average Bonchev–Trinajstić information content (AvgIpc) is 3.45. The second-order valence-corrected chi connectivity index (χ2v) is 6.84. The van der Waals surface area contributed by atoms with Gasteiger partial charge in [0.05, 0.1) is 11.3 Å². The molecular weight excluding hydrogens is 392 g/mol. The summed E-state index contributed by atoms with van der Waals surface area (Å²) >= 11 is 0. The Morgan fingerprint density at radius 1 is 1.17 bits per heavy atom. The van der Waals surface area contributed by atoms with Gasteiger partial charge in [0.15, 0.2) is 0 Å². The molecule has 1 aliphatic carbocycles. The molecule has 0 radical (unpaired) electrons. The largest absolute Gasteiger partial charge is 0.488 e. The third-order valence-corrected chi connectivity index (χ3v) is 4.78. The topological polar surface area (TPSA) is 61.9 Å². The fraction of sp³-hybridized carbons (Fsp3) is 0.316. The molecule has 1 aromatic heterocycles. The molecule has 4 rings (SSSR count). The van der Waals surface area contributed by atoms with Crippen LogP contribution in [0.25, 0.3) is 5.69 Å². The number of hydrogen-bond acceptors (Lipinski definition) is 4. The Kier molecular flexibility index (Phi) is 4.64. The van der Waals surface area contributed by atoms with Crippen molar-refractivity contribution in [2.75, 3.05) is 0 Å². The van der Waals surface area contributed by atoms with E-state index in [2.05, 4.69) is 10.4 Å². The Balaban J connectivity index is 1.76. The normalized spacial score (nSPS) is 14.2. The van der Waals surface area contributed by atoms with Gasteiger partial charge in [-0.1, -0.05) is 12.1 Å². The third kappa shape index (κ3) is 3.74. The van der Waals surface area contributed by atoms with E-state index < -0.39 is 29.0 Å². The summed E-state index contributed by atoms with van der Waals surface area (Å²) in [6.45, 7) is -0.280. The summed E-state index contributed by atoms with van der Waals surface area (Å²) < 4.78 is 60.9. The van der Waals surface area contributed by atoms with E-state index in [1.807, 2.05) is 6.07 Å². The van der Waals surface area contributed by atoms with E-state index in [4.69, 9.17) is 4.74 Å². The summed E-state index contributed by atoms with van der Waals surface area (Å²) in [5, 5.41) is 7.49. The van der Waals surface area contributed by atoms with Crippen molar-refractivity contribution in [3.8, 4) is 11.4 Å². The highest BCUT2D eigenvalue weighted by atomic mass is 19.4. The molecule has 0 unspecified atom stereocenters. The van der Waals surface area contributed by atoms with Gasteiger partial charge in [0.2, 0.25) is 0 Å². The molecule has 0 amide bonds. The first kappa shape index (κ1) is 19.2. The minimum Gasteiger partial charge on any atom is -0.488 e. The Bertz CT molecular complexity index is 1120. The first-order chi connectivity index (χ1) is 13.8. The van der Waals surface area contributed by atoms with Crippen molar-refractivity contribution in [3.63, 3.8) is 0 Å². The van der Waals surface area contributed by atoms with Crippen molar-refractivity contribution in [3.05, 3.63) is 69.4 Å². The molecular formula is C19H16F4N4O2. The van der Waals surface area contributed by atoms with Gasteiger partial charge in [0.25, 0.3) is 0 Å². The van der Waals surface area contributed by atoms with Crippen LogP contribution in [0.2, 0.25) is 0 Å².